The number of ether oxygens (including phenoxy) is 2. The van der Waals surface area contributed by atoms with Gasteiger partial charge in [0, 0.05) is 17.2 Å². The Balaban J connectivity index is 1.53. The van der Waals surface area contributed by atoms with Crippen LogP contribution in [-0.4, -0.2) is 27.6 Å². The van der Waals surface area contributed by atoms with Crippen LogP contribution in [0.4, 0.5) is 14.9 Å². The lowest BCUT2D eigenvalue weighted by molar-refractivity contribution is -0.385. The second-order valence-corrected chi connectivity index (χ2v) is 8.67. The van der Waals surface area contributed by atoms with E-state index in [1.807, 2.05) is 0 Å². The fourth-order valence-corrected chi connectivity index (χ4v) is 4.39. The number of nitro benzene ring substituents is 1. The SMILES string of the molecule is CCOc1cc(/C=C2\SC(=O)N(Cc3ccccc3[N+](=O)[O-])C2=O)ccc1OCc1ccccc1F. The molecule has 0 atom stereocenters. The van der Waals surface area contributed by atoms with Crippen molar-refractivity contribution in [3.05, 3.63) is 104 Å². The average molecular weight is 509 g/mol. The van der Waals surface area contributed by atoms with E-state index in [0.29, 0.717) is 29.2 Å². The maximum atomic E-state index is 13.9. The number of rotatable bonds is 9. The third kappa shape index (κ3) is 5.55. The van der Waals surface area contributed by atoms with E-state index in [0.717, 1.165) is 16.7 Å². The summed E-state index contributed by atoms with van der Waals surface area (Å²) in [6.07, 6.45) is 1.55. The zero-order chi connectivity index (χ0) is 25.7. The highest BCUT2D eigenvalue weighted by Crippen LogP contribution is 2.36. The second-order valence-electron chi connectivity index (χ2n) is 7.67. The molecule has 0 N–H and O–H groups in total. The summed E-state index contributed by atoms with van der Waals surface area (Å²) >= 11 is 0.758. The summed E-state index contributed by atoms with van der Waals surface area (Å²) < 4.78 is 25.3. The first kappa shape index (κ1) is 24.9. The van der Waals surface area contributed by atoms with Gasteiger partial charge >= 0.3 is 0 Å². The molecule has 36 heavy (non-hydrogen) atoms. The highest BCUT2D eigenvalue weighted by molar-refractivity contribution is 8.18. The fourth-order valence-electron chi connectivity index (χ4n) is 3.55. The molecule has 0 unspecified atom stereocenters. The fraction of sp³-hybridized carbons (Fsp3) is 0.154. The van der Waals surface area contributed by atoms with Gasteiger partial charge < -0.3 is 9.47 Å². The monoisotopic (exact) mass is 508 g/mol. The largest absolute Gasteiger partial charge is 0.490 e. The lowest BCUT2D eigenvalue weighted by atomic mass is 10.1. The molecule has 10 heteroatoms. The zero-order valence-electron chi connectivity index (χ0n) is 19.2. The molecular weight excluding hydrogens is 487 g/mol. The van der Waals surface area contributed by atoms with Crippen LogP contribution in [0.5, 0.6) is 11.5 Å². The van der Waals surface area contributed by atoms with Gasteiger partial charge in [0.2, 0.25) is 0 Å². The van der Waals surface area contributed by atoms with E-state index in [4.69, 9.17) is 9.47 Å². The molecule has 0 aromatic heterocycles. The lowest BCUT2D eigenvalue weighted by Gasteiger charge is -2.13. The van der Waals surface area contributed by atoms with Crippen molar-refractivity contribution in [2.75, 3.05) is 6.61 Å². The molecule has 1 saturated heterocycles. The van der Waals surface area contributed by atoms with E-state index in [2.05, 4.69) is 0 Å². The second kappa shape index (κ2) is 11.0. The molecule has 3 aromatic carbocycles. The van der Waals surface area contributed by atoms with E-state index in [9.17, 15) is 24.1 Å². The van der Waals surface area contributed by atoms with Crippen LogP contribution in [0.15, 0.2) is 71.6 Å². The zero-order valence-corrected chi connectivity index (χ0v) is 20.0. The van der Waals surface area contributed by atoms with Gasteiger partial charge in [-0.3, -0.25) is 24.6 Å². The first-order valence-electron chi connectivity index (χ1n) is 11.0. The third-order valence-electron chi connectivity index (χ3n) is 5.30. The van der Waals surface area contributed by atoms with Gasteiger partial charge in [-0.1, -0.05) is 42.5 Å². The Labute approximate surface area is 210 Å². The van der Waals surface area contributed by atoms with Gasteiger partial charge in [-0.05, 0) is 48.5 Å². The number of benzene rings is 3. The lowest BCUT2D eigenvalue weighted by Crippen LogP contribution is -2.27. The minimum absolute atomic E-state index is 0.0105. The van der Waals surface area contributed by atoms with E-state index < -0.39 is 16.1 Å². The van der Waals surface area contributed by atoms with Gasteiger partial charge in [-0.2, -0.15) is 0 Å². The van der Waals surface area contributed by atoms with Crippen LogP contribution < -0.4 is 9.47 Å². The number of thioether (sulfide) groups is 1. The van der Waals surface area contributed by atoms with Crippen molar-refractivity contribution >= 4 is 34.7 Å². The highest BCUT2D eigenvalue weighted by Gasteiger charge is 2.36. The predicted molar refractivity (Wildman–Crippen MR) is 133 cm³/mol. The van der Waals surface area contributed by atoms with Crippen LogP contribution in [0.1, 0.15) is 23.6 Å². The first-order valence-corrected chi connectivity index (χ1v) is 11.8. The Kier molecular flexibility index (Phi) is 7.65. The van der Waals surface area contributed by atoms with Crippen molar-refractivity contribution < 1.29 is 28.4 Å². The van der Waals surface area contributed by atoms with Gasteiger partial charge in [0.05, 0.1) is 23.0 Å². The summed E-state index contributed by atoms with van der Waals surface area (Å²) in [5, 5.41) is 10.8. The Morgan fingerprint density at radius 1 is 1.00 bits per heavy atom. The summed E-state index contributed by atoms with van der Waals surface area (Å²) in [6.45, 7) is 1.97. The number of hydrogen-bond donors (Lipinski definition) is 0. The molecule has 0 saturated carbocycles. The van der Waals surface area contributed by atoms with Crippen LogP contribution in [0.3, 0.4) is 0 Å². The minimum Gasteiger partial charge on any atom is -0.490 e. The number of hydrogen-bond acceptors (Lipinski definition) is 7. The van der Waals surface area contributed by atoms with Crippen molar-refractivity contribution in [3.8, 4) is 11.5 Å². The summed E-state index contributed by atoms with van der Waals surface area (Å²) in [6, 6.07) is 17.3. The molecule has 184 valence electrons. The van der Waals surface area contributed by atoms with Gasteiger partial charge in [-0.15, -0.1) is 0 Å². The molecule has 1 aliphatic heterocycles. The smallest absolute Gasteiger partial charge is 0.293 e. The Morgan fingerprint density at radius 3 is 2.44 bits per heavy atom. The molecule has 8 nitrogen and oxygen atoms in total. The summed E-state index contributed by atoms with van der Waals surface area (Å²) in [5.41, 5.74) is 1.10. The van der Waals surface area contributed by atoms with Crippen LogP contribution in [-0.2, 0) is 17.9 Å². The molecule has 1 aliphatic rings. The molecule has 0 radical (unpaired) electrons. The molecule has 1 heterocycles. The Hall–Kier alpha value is -4.18. The first-order chi connectivity index (χ1) is 17.4. The number of nitrogens with zero attached hydrogens (tertiary/aromatic N) is 2. The quantitative estimate of drug-likeness (QED) is 0.200. The number of nitro groups is 1. The number of amides is 2. The van der Waals surface area contributed by atoms with Crippen molar-refractivity contribution in [1.82, 2.24) is 4.90 Å². The molecule has 1 fully saturated rings. The van der Waals surface area contributed by atoms with Crippen LogP contribution in [0.25, 0.3) is 6.08 Å². The van der Waals surface area contributed by atoms with E-state index in [1.165, 1.54) is 24.3 Å². The molecule has 2 amide bonds. The number of carbonyl (C=O) groups is 2. The molecule has 0 bridgehead atoms. The molecule has 0 spiro atoms. The maximum Gasteiger partial charge on any atom is 0.293 e. The Morgan fingerprint density at radius 2 is 1.72 bits per heavy atom. The summed E-state index contributed by atoms with van der Waals surface area (Å²) in [5.74, 6) is -0.104. The summed E-state index contributed by atoms with van der Waals surface area (Å²) in [7, 11) is 0. The van der Waals surface area contributed by atoms with Gasteiger partial charge in [0.15, 0.2) is 11.5 Å². The average Bonchev–Trinajstić information content (AvgIpc) is 3.12. The highest BCUT2D eigenvalue weighted by atomic mass is 32.2. The number of imide groups is 1. The topological polar surface area (TPSA) is 99.0 Å². The molecule has 3 aromatic rings. The van der Waals surface area contributed by atoms with Gasteiger partial charge in [0.25, 0.3) is 16.8 Å². The normalized spacial score (nSPS) is 14.4. The maximum absolute atomic E-state index is 13.9. The van der Waals surface area contributed by atoms with Crippen LogP contribution in [0.2, 0.25) is 0 Å². The number of para-hydroxylation sites is 1. The standard InChI is InChI=1S/C26H21FN2O6S/c1-2-34-23-13-17(11-12-22(23)35-16-19-8-3-5-9-20(19)27)14-24-25(30)28(26(31)36-24)15-18-7-4-6-10-21(18)29(32)33/h3-14H,2,15-16H2,1H3/b24-14-. The number of halogens is 1. The van der Waals surface area contributed by atoms with Crippen molar-refractivity contribution in [2.24, 2.45) is 0 Å². The third-order valence-corrected chi connectivity index (χ3v) is 6.20. The van der Waals surface area contributed by atoms with Crippen molar-refractivity contribution in [1.29, 1.82) is 0 Å². The van der Waals surface area contributed by atoms with Crippen molar-refractivity contribution in [3.63, 3.8) is 0 Å². The summed E-state index contributed by atoms with van der Waals surface area (Å²) in [4.78, 5) is 37.3. The number of carbonyl (C=O) groups excluding carboxylic acids is 2. The molecule has 4 rings (SSSR count). The van der Waals surface area contributed by atoms with Gasteiger partial charge in [0.1, 0.15) is 12.4 Å². The minimum atomic E-state index is -0.546. The van der Waals surface area contributed by atoms with Gasteiger partial charge in [-0.25, -0.2) is 4.39 Å². The van der Waals surface area contributed by atoms with E-state index in [1.54, 1.807) is 55.5 Å². The Bertz CT molecular complexity index is 1360. The van der Waals surface area contributed by atoms with Crippen molar-refractivity contribution in [2.45, 2.75) is 20.1 Å². The predicted octanol–water partition coefficient (Wildman–Crippen LogP) is 5.95. The van der Waals surface area contributed by atoms with Crippen LogP contribution in [0, 0.1) is 15.9 Å². The van der Waals surface area contributed by atoms with E-state index in [-0.39, 0.29) is 35.1 Å². The van der Waals surface area contributed by atoms with Crippen LogP contribution >= 0.6 is 11.8 Å². The van der Waals surface area contributed by atoms with E-state index >= 15 is 0 Å². The molecular formula is C26H21FN2O6S. The molecule has 0 aliphatic carbocycles.